The highest BCUT2D eigenvalue weighted by Gasteiger charge is 2.17. The molecule has 6 nitrogen and oxygen atoms in total. The van der Waals surface area contributed by atoms with Crippen LogP contribution in [0, 0.1) is 0 Å². The van der Waals surface area contributed by atoms with Crippen LogP contribution in [0.5, 0.6) is 0 Å². The second-order valence-corrected chi connectivity index (χ2v) is 9.02. The third kappa shape index (κ3) is 4.76. The topological polar surface area (TPSA) is 72.9 Å². The van der Waals surface area contributed by atoms with Crippen LogP contribution in [0.2, 0.25) is 15.1 Å². The Kier molecular flexibility index (Phi) is 6.89. The Balaban J connectivity index is 1.73. The number of rotatable bonds is 7. The number of thioether (sulfide) groups is 1. The number of aromatic nitrogens is 4. The van der Waals surface area contributed by atoms with Crippen molar-refractivity contribution in [3.8, 4) is 5.69 Å². The van der Waals surface area contributed by atoms with Crippen LogP contribution in [0.3, 0.4) is 0 Å². The zero-order chi connectivity index (χ0) is 22.0. The van der Waals surface area contributed by atoms with Crippen LogP contribution in [-0.4, -0.2) is 36.6 Å². The van der Waals surface area contributed by atoms with Gasteiger partial charge in [0.1, 0.15) is 0 Å². The molecule has 2 heterocycles. The van der Waals surface area contributed by atoms with E-state index < -0.39 is 0 Å². The Morgan fingerprint density at radius 1 is 1.03 bits per heavy atom. The molecule has 31 heavy (non-hydrogen) atoms. The third-order valence-electron chi connectivity index (χ3n) is 4.65. The van der Waals surface area contributed by atoms with Gasteiger partial charge in [-0.3, -0.25) is 9.36 Å². The highest BCUT2D eigenvalue weighted by Crippen LogP contribution is 2.26. The summed E-state index contributed by atoms with van der Waals surface area (Å²) in [6, 6.07) is 12.4. The molecule has 2 aromatic heterocycles. The van der Waals surface area contributed by atoms with Gasteiger partial charge in [0.05, 0.1) is 18.6 Å². The van der Waals surface area contributed by atoms with Gasteiger partial charge < -0.3 is 9.67 Å². The first-order valence-corrected chi connectivity index (χ1v) is 11.5. The van der Waals surface area contributed by atoms with Crippen molar-refractivity contribution in [1.29, 1.82) is 0 Å². The molecule has 0 saturated heterocycles. The molecule has 0 bridgehead atoms. The average molecular weight is 496 g/mol. The minimum Gasteiger partial charge on any atom is -0.395 e. The summed E-state index contributed by atoms with van der Waals surface area (Å²) in [7, 11) is 0. The fourth-order valence-corrected chi connectivity index (χ4v) is 4.74. The second kappa shape index (κ2) is 9.63. The average Bonchev–Trinajstić information content (AvgIpc) is 3.14. The van der Waals surface area contributed by atoms with Crippen LogP contribution >= 0.6 is 46.6 Å². The minimum absolute atomic E-state index is 0.0784. The van der Waals surface area contributed by atoms with Gasteiger partial charge in [0.15, 0.2) is 16.3 Å². The van der Waals surface area contributed by atoms with E-state index >= 15 is 0 Å². The molecule has 0 aliphatic rings. The SMILES string of the molecule is O=c1c2ncn(CCO)c2nc(SCCc2ccc(Cl)cc2Cl)n1-c1ccc(Cl)cc1. The van der Waals surface area contributed by atoms with Crippen LogP contribution in [0.1, 0.15) is 5.56 Å². The van der Waals surface area contributed by atoms with E-state index in [1.165, 1.54) is 22.7 Å². The zero-order valence-corrected chi connectivity index (χ0v) is 19.2. The molecule has 0 fully saturated rings. The van der Waals surface area contributed by atoms with Crippen molar-refractivity contribution < 1.29 is 5.11 Å². The Bertz CT molecular complexity index is 1290. The van der Waals surface area contributed by atoms with Crippen molar-refractivity contribution in [3.63, 3.8) is 0 Å². The van der Waals surface area contributed by atoms with Gasteiger partial charge in [-0.1, -0.05) is 52.6 Å². The Morgan fingerprint density at radius 3 is 2.48 bits per heavy atom. The molecule has 4 rings (SSSR count). The number of fused-ring (bicyclic) bond motifs is 1. The van der Waals surface area contributed by atoms with Gasteiger partial charge in [0, 0.05) is 27.4 Å². The lowest BCUT2D eigenvalue weighted by atomic mass is 10.2. The first-order chi connectivity index (χ1) is 15.0. The van der Waals surface area contributed by atoms with Crippen LogP contribution < -0.4 is 5.56 Å². The van der Waals surface area contributed by atoms with E-state index in [0.29, 0.717) is 50.3 Å². The van der Waals surface area contributed by atoms with Crippen LogP contribution in [0.4, 0.5) is 0 Å². The molecule has 0 saturated carbocycles. The van der Waals surface area contributed by atoms with Crippen molar-refractivity contribution >= 4 is 57.7 Å². The smallest absolute Gasteiger partial charge is 0.286 e. The van der Waals surface area contributed by atoms with Crippen molar-refractivity contribution in [1.82, 2.24) is 19.1 Å². The third-order valence-corrected chi connectivity index (χ3v) is 6.43. The number of benzene rings is 2. The minimum atomic E-state index is -0.281. The molecule has 10 heteroatoms. The summed E-state index contributed by atoms with van der Waals surface area (Å²) >= 11 is 19.7. The van der Waals surface area contributed by atoms with Gasteiger partial charge in [-0.05, 0) is 48.4 Å². The van der Waals surface area contributed by atoms with E-state index in [2.05, 4.69) is 4.98 Å². The summed E-state index contributed by atoms with van der Waals surface area (Å²) in [6.07, 6.45) is 2.19. The first-order valence-electron chi connectivity index (χ1n) is 9.39. The Labute approximate surface area is 197 Å². The molecular formula is C21H17Cl3N4O2S. The molecule has 160 valence electrons. The standard InChI is InChI=1S/C21H17Cl3N4O2S/c22-14-3-5-16(6-4-14)28-20(30)18-19(27(8-9-29)12-25-18)26-21(28)31-10-7-13-1-2-15(23)11-17(13)24/h1-6,11-12,29H,7-10H2. The molecule has 0 unspecified atom stereocenters. The number of hydrogen-bond donors (Lipinski definition) is 1. The quantitative estimate of drug-likeness (QED) is 0.292. The molecule has 1 N–H and O–H groups in total. The summed E-state index contributed by atoms with van der Waals surface area (Å²) in [5, 5.41) is 11.6. The van der Waals surface area contributed by atoms with Gasteiger partial charge in [-0.25, -0.2) is 9.97 Å². The molecule has 0 radical (unpaired) electrons. The predicted molar refractivity (Wildman–Crippen MR) is 126 cm³/mol. The Morgan fingerprint density at radius 2 is 1.77 bits per heavy atom. The monoisotopic (exact) mass is 494 g/mol. The highest BCUT2D eigenvalue weighted by atomic mass is 35.5. The lowest BCUT2D eigenvalue weighted by molar-refractivity contribution is 0.277. The molecule has 0 aliphatic carbocycles. The zero-order valence-electron chi connectivity index (χ0n) is 16.1. The first kappa shape index (κ1) is 22.2. The molecular weight excluding hydrogens is 479 g/mol. The van der Waals surface area contributed by atoms with Gasteiger partial charge in [0.2, 0.25) is 0 Å². The number of hydrogen-bond acceptors (Lipinski definition) is 5. The second-order valence-electron chi connectivity index (χ2n) is 6.68. The van der Waals surface area contributed by atoms with Gasteiger partial charge in [0.25, 0.3) is 5.56 Å². The highest BCUT2D eigenvalue weighted by molar-refractivity contribution is 7.99. The van der Waals surface area contributed by atoms with Crippen LogP contribution in [-0.2, 0) is 13.0 Å². The normalized spacial score (nSPS) is 11.4. The summed E-state index contributed by atoms with van der Waals surface area (Å²) < 4.78 is 3.20. The molecule has 2 aromatic carbocycles. The number of aliphatic hydroxyl groups excluding tert-OH is 1. The van der Waals surface area contributed by atoms with E-state index in [1.807, 2.05) is 6.07 Å². The van der Waals surface area contributed by atoms with Gasteiger partial charge in [-0.2, -0.15) is 0 Å². The largest absolute Gasteiger partial charge is 0.395 e. The van der Waals surface area contributed by atoms with Gasteiger partial charge >= 0.3 is 0 Å². The lowest BCUT2D eigenvalue weighted by Crippen LogP contribution is -2.22. The van der Waals surface area contributed by atoms with Crippen molar-refractivity contribution in [3.05, 3.63) is 79.8 Å². The molecule has 4 aromatic rings. The van der Waals surface area contributed by atoms with E-state index in [4.69, 9.17) is 39.8 Å². The maximum atomic E-state index is 13.3. The number of nitrogens with zero attached hydrogens (tertiary/aromatic N) is 4. The number of imidazole rings is 1. The number of aliphatic hydroxyl groups is 1. The summed E-state index contributed by atoms with van der Waals surface area (Å²) in [5.41, 5.74) is 2.01. The van der Waals surface area contributed by atoms with Gasteiger partial charge in [-0.15, -0.1) is 0 Å². The molecule has 0 atom stereocenters. The van der Waals surface area contributed by atoms with Crippen molar-refractivity contribution in [2.45, 2.75) is 18.1 Å². The van der Waals surface area contributed by atoms with Crippen LogP contribution in [0.25, 0.3) is 16.9 Å². The fraction of sp³-hybridized carbons (Fsp3) is 0.190. The van der Waals surface area contributed by atoms with Crippen molar-refractivity contribution in [2.24, 2.45) is 0 Å². The molecule has 0 spiro atoms. The maximum Gasteiger partial charge on any atom is 0.286 e. The fourth-order valence-electron chi connectivity index (χ4n) is 3.14. The summed E-state index contributed by atoms with van der Waals surface area (Å²) in [5.74, 6) is 0.640. The molecule has 0 aliphatic heterocycles. The summed E-state index contributed by atoms with van der Waals surface area (Å²) in [6.45, 7) is 0.226. The van der Waals surface area contributed by atoms with Crippen LogP contribution in [0.15, 0.2) is 58.7 Å². The van der Waals surface area contributed by atoms with E-state index in [0.717, 1.165) is 5.56 Å². The Hall–Kier alpha value is -2.03. The van der Waals surface area contributed by atoms with Crippen molar-refractivity contribution in [2.75, 3.05) is 12.4 Å². The maximum absolute atomic E-state index is 13.3. The summed E-state index contributed by atoms with van der Waals surface area (Å²) in [4.78, 5) is 22.2. The van der Waals surface area contributed by atoms with E-state index in [-0.39, 0.29) is 17.7 Å². The van der Waals surface area contributed by atoms with E-state index in [1.54, 1.807) is 41.0 Å². The molecule has 0 amide bonds. The lowest BCUT2D eigenvalue weighted by Gasteiger charge is -2.13. The van der Waals surface area contributed by atoms with E-state index in [9.17, 15) is 9.90 Å². The number of halogens is 3. The predicted octanol–water partition coefficient (Wildman–Crippen LogP) is 4.87. The number of aryl methyl sites for hydroxylation is 1.